The van der Waals surface area contributed by atoms with E-state index in [4.69, 9.17) is 4.74 Å². The van der Waals surface area contributed by atoms with Gasteiger partial charge < -0.3 is 15.0 Å². The molecule has 24 heavy (non-hydrogen) atoms. The van der Waals surface area contributed by atoms with Gasteiger partial charge in [0.05, 0.1) is 11.8 Å². The number of rotatable bonds is 5. The highest BCUT2D eigenvalue weighted by Gasteiger charge is 2.24. The molecule has 0 aliphatic carbocycles. The van der Waals surface area contributed by atoms with E-state index in [0.29, 0.717) is 6.54 Å². The number of nitrogens with zero attached hydrogens (tertiary/aromatic N) is 4. The summed E-state index contributed by atoms with van der Waals surface area (Å²) in [5.41, 5.74) is 1.66. The van der Waals surface area contributed by atoms with Crippen LogP contribution in [0, 0.1) is 0 Å². The fourth-order valence-electron chi connectivity index (χ4n) is 2.78. The van der Waals surface area contributed by atoms with E-state index in [0.717, 1.165) is 43.8 Å². The van der Waals surface area contributed by atoms with Crippen LogP contribution in [0.15, 0.2) is 36.9 Å². The second kappa shape index (κ2) is 7.92. The molecule has 0 radical (unpaired) electrons. The van der Waals surface area contributed by atoms with Gasteiger partial charge in [0, 0.05) is 25.4 Å². The second-order valence-electron chi connectivity index (χ2n) is 5.90. The molecule has 1 saturated heterocycles. The van der Waals surface area contributed by atoms with Crippen molar-refractivity contribution in [2.45, 2.75) is 32.3 Å². The number of anilines is 1. The Morgan fingerprint density at radius 3 is 2.92 bits per heavy atom. The van der Waals surface area contributed by atoms with E-state index in [1.807, 2.05) is 29.2 Å². The lowest BCUT2D eigenvalue weighted by molar-refractivity contribution is 0.0115. The molecule has 2 aromatic rings. The third-order valence-electron chi connectivity index (χ3n) is 4.02. The SMILES string of the molecule is CCCOC1CCCN(C(=O)Nc2ccc(-n3cncn3)cc2)C1. The van der Waals surface area contributed by atoms with Gasteiger partial charge in [-0.25, -0.2) is 14.5 Å². The van der Waals surface area contributed by atoms with Crippen LogP contribution < -0.4 is 5.32 Å². The van der Waals surface area contributed by atoms with Gasteiger partial charge in [0.2, 0.25) is 0 Å². The zero-order chi connectivity index (χ0) is 16.8. The van der Waals surface area contributed by atoms with Crippen LogP contribution in [0.25, 0.3) is 5.69 Å². The summed E-state index contributed by atoms with van der Waals surface area (Å²) < 4.78 is 7.46. The number of carbonyl (C=O) groups is 1. The van der Waals surface area contributed by atoms with Crippen LogP contribution in [0.1, 0.15) is 26.2 Å². The van der Waals surface area contributed by atoms with Crippen molar-refractivity contribution >= 4 is 11.7 Å². The summed E-state index contributed by atoms with van der Waals surface area (Å²) in [4.78, 5) is 18.2. The quantitative estimate of drug-likeness (QED) is 0.915. The van der Waals surface area contributed by atoms with E-state index in [1.165, 1.54) is 6.33 Å². The van der Waals surface area contributed by atoms with Crippen LogP contribution in [0.2, 0.25) is 0 Å². The second-order valence-corrected chi connectivity index (χ2v) is 5.90. The molecule has 1 unspecified atom stereocenters. The zero-order valence-corrected chi connectivity index (χ0v) is 13.9. The third-order valence-corrected chi connectivity index (χ3v) is 4.02. The molecule has 0 spiro atoms. The van der Waals surface area contributed by atoms with Crippen molar-refractivity contribution in [1.29, 1.82) is 0 Å². The van der Waals surface area contributed by atoms with Crippen LogP contribution in [0.3, 0.4) is 0 Å². The zero-order valence-electron chi connectivity index (χ0n) is 13.9. The molecule has 1 fully saturated rings. The molecule has 0 bridgehead atoms. The van der Waals surface area contributed by atoms with E-state index in [2.05, 4.69) is 22.3 Å². The first kappa shape index (κ1) is 16.4. The Bertz CT molecular complexity index is 642. The highest BCUT2D eigenvalue weighted by atomic mass is 16.5. The van der Waals surface area contributed by atoms with Crippen LogP contribution >= 0.6 is 0 Å². The Morgan fingerprint density at radius 2 is 2.21 bits per heavy atom. The molecule has 1 aromatic carbocycles. The maximum Gasteiger partial charge on any atom is 0.321 e. The Hall–Kier alpha value is -2.41. The van der Waals surface area contributed by atoms with E-state index in [-0.39, 0.29) is 12.1 Å². The van der Waals surface area contributed by atoms with Crippen LogP contribution in [-0.2, 0) is 4.74 Å². The summed E-state index contributed by atoms with van der Waals surface area (Å²) in [7, 11) is 0. The molecule has 7 nitrogen and oxygen atoms in total. The Kier molecular flexibility index (Phi) is 5.43. The number of likely N-dealkylation sites (tertiary alicyclic amines) is 1. The normalized spacial score (nSPS) is 17.7. The predicted octanol–water partition coefficient (Wildman–Crippen LogP) is 2.69. The van der Waals surface area contributed by atoms with Crippen molar-refractivity contribution in [3.05, 3.63) is 36.9 Å². The fourth-order valence-corrected chi connectivity index (χ4v) is 2.78. The van der Waals surface area contributed by atoms with Gasteiger partial charge in [-0.3, -0.25) is 0 Å². The van der Waals surface area contributed by atoms with Gasteiger partial charge in [0.25, 0.3) is 0 Å². The molecular formula is C17H23N5O2. The van der Waals surface area contributed by atoms with Crippen molar-refractivity contribution in [2.75, 3.05) is 25.0 Å². The Morgan fingerprint density at radius 1 is 1.38 bits per heavy atom. The maximum absolute atomic E-state index is 12.4. The number of ether oxygens (including phenoxy) is 1. The maximum atomic E-state index is 12.4. The summed E-state index contributed by atoms with van der Waals surface area (Å²) in [6.07, 6.45) is 6.28. The van der Waals surface area contributed by atoms with Gasteiger partial charge in [0.15, 0.2) is 0 Å². The Balaban J connectivity index is 1.56. The standard InChI is InChI=1S/C17H23N5O2/c1-2-10-24-16-4-3-9-21(11-16)17(23)20-14-5-7-15(8-6-14)22-13-18-12-19-22/h5-8,12-13,16H,2-4,9-11H2,1H3,(H,20,23). The van der Waals surface area contributed by atoms with E-state index >= 15 is 0 Å². The monoisotopic (exact) mass is 329 g/mol. The summed E-state index contributed by atoms with van der Waals surface area (Å²) in [6, 6.07) is 7.45. The first-order valence-electron chi connectivity index (χ1n) is 8.39. The topological polar surface area (TPSA) is 72.3 Å². The van der Waals surface area contributed by atoms with Crippen LogP contribution in [-0.4, -0.2) is 51.5 Å². The van der Waals surface area contributed by atoms with E-state index in [9.17, 15) is 4.79 Å². The minimum Gasteiger partial charge on any atom is -0.376 e. The van der Waals surface area contributed by atoms with Crippen molar-refractivity contribution in [2.24, 2.45) is 0 Å². The molecule has 2 amide bonds. The van der Waals surface area contributed by atoms with Gasteiger partial charge in [0.1, 0.15) is 12.7 Å². The van der Waals surface area contributed by atoms with Crippen molar-refractivity contribution < 1.29 is 9.53 Å². The molecule has 1 aliphatic heterocycles. The average molecular weight is 329 g/mol. The molecule has 2 heterocycles. The average Bonchev–Trinajstić information content (AvgIpc) is 3.15. The van der Waals surface area contributed by atoms with Crippen LogP contribution in [0.5, 0.6) is 0 Å². The van der Waals surface area contributed by atoms with Gasteiger partial charge in [-0.05, 0) is 43.5 Å². The summed E-state index contributed by atoms with van der Waals surface area (Å²) >= 11 is 0. The number of benzene rings is 1. The minimum absolute atomic E-state index is 0.0756. The molecule has 0 saturated carbocycles. The van der Waals surface area contributed by atoms with Gasteiger partial charge in [-0.2, -0.15) is 5.10 Å². The molecular weight excluding hydrogens is 306 g/mol. The number of urea groups is 1. The first-order chi connectivity index (χ1) is 11.8. The highest BCUT2D eigenvalue weighted by molar-refractivity contribution is 5.89. The molecule has 1 aliphatic rings. The highest BCUT2D eigenvalue weighted by Crippen LogP contribution is 2.17. The fraction of sp³-hybridized carbons (Fsp3) is 0.471. The lowest BCUT2D eigenvalue weighted by atomic mass is 10.1. The lowest BCUT2D eigenvalue weighted by Gasteiger charge is -2.32. The lowest BCUT2D eigenvalue weighted by Crippen LogP contribution is -2.45. The van der Waals surface area contributed by atoms with Gasteiger partial charge >= 0.3 is 6.03 Å². The Labute approximate surface area is 141 Å². The van der Waals surface area contributed by atoms with E-state index < -0.39 is 0 Å². The molecule has 1 atom stereocenters. The van der Waals surface area contributed by atoms with Gasteiger partial charge in [-0.1, -0.05) is 6.92 Å². The van der Waals surface area contributed by atoms with Gasteiger partial charge in [-0.15, -0.1) is 0 Å². The molecule has 128 valence electrons. The van der Waals surface area contributed by atoms with E-state index in [1.54, 1.807) is 11.0 Å². The largest absolute Gasteiger partial charge is 0.376 e. The molecule has 1 aromatic heterocycles. The number of hydrogen-bond acceptors (Lipinski definition) is 4. The minimum atomic E-state index is -0.0756. The number of aromatic nitrogens is 3. The van der Waals surface area contributed by atoms with Crippen molar-refractivity contribution in [3.63, 3.8) is 0 Å². The molecule has 3 rings (SSSR count). The summed E-state index contributed by atoms with van der Waals surface area (Å²) in [6.45, 7) is 4.28. The number of nitrogens with one attached hydrogen (secondary N) is 1. The molecule has 1 N–H and O–H groups in total. The first-order valence-corrected chi connectivity index (χ1v) is 8.39. The summed E-state index contributed by atoms with van der Waals surface area (Å²) in [5, 5.41) is 7.03. The number of carbonyl (C=O) groups excluding carboxylic acids is 1. The number of hydrogen-bond donors (Lipinski definition) is 1. The van der Waals surface area contributed by atoms with Crippen molar-refractivity contribution in [3.8, 4) is 5.69 Å². The van der Waals surface area contributed by atoms with Crippen LogP contribution in [0.4, 0.5) is 10.5 Å². The van der Waals surface area contributed by atoms with Crippen molar-refractivity contribution in [1.82, 2.24) is 19.7 Å². The third kappa shape index (κ3) is 4.11. The number of amides is 2. The number of piperidine rings is 1. The summed E-state index contributed by atoms with van der Waals surface area (Å²) in [5.74, 6) is 0. The smallest absolute Gasteiger partial charge is 0.321 e. The molecule has 7 heteroatoms. The predicted molar refractivity (Wildman–Crippen MR) is 91.2 cm³/mol.